The van der Waals surface area contributed by atoms with Crippen molar-refractivity contribution in [3.63, 3.8) is 0 Å². The monoisotopic (exact) mass is 448 g/mol. The third kappa shape index (κ3) is 5.66. The third-order valence-electron chi connectivity index (χ3n) is 7.04. The molecular weight excluding hydrogens is 412 g/mol. The maximum atomic E-state index is 12.7. The van der Waals surface area contributed by atoms with Crippen molar-refractivity contribution in [2.75, 3.05) is 52.9 Å². The Labute approximate surface area is 186 Å². The highest BCUT2D eigenvalue weighted by molar-refractivity contribution is 7.89. The summed E-state index contributed by atoms with van der Waals surface area (Å²) in [5.74, 6) is 0.0357. The molecule has 0 aromatic heterocycles. The van der Waals surface area contributed by atoms with Crippen LogP contribution in [0.25, 0.3) is 0 Å². The van der Waals surface area contributed by atoms with Crippen molar-refractivity contribution in [2.45, 2.75) is 55.9 Å². The first-order valence-corrected chi connectivity index (χ1v) is 13.2. The van der Waals surface area contributed by atoms with Gasteiger partial charge in [-0.2, -0.15) is 0 Å². The second kappa shape index (κ2) is 9.98. The highest BCUT2D eigenvalue weighted by atomic mass is 32.2. The largest absolute Gasteiger partial charge is 0.340 e. The van der Waals surface area contributed by atoms with Gasteiger partial charge in [-0.1, -0.05) is 6.07 Å². The molecule has 1 unspecified atom stereocenters. The van der Waals surface area contributed by atoms with Crippen LogP contribution >= 0.6 is 0 Å². The van der Waals surface area contributed by atoms with E-state index >= 15 is 0 Å². The Kier molecular flexibility index (Phi) is 7.31. The number of likely N-dealkylation sites (tertiary alicyclic amines) is 1. The first-order valence-electron chi connectivity index (χ1n) is 11.7. The summed E-state index contributed by atoms with van der Waals surface area (Å²) in [6.07, 6.45) is 6.95. The van der Waals surface area contributed by atoms with Crippen LogP contribution in [0.1, 0.15) is 43.2 Å². The van der Waals surface area contributed by atoms with E-state index in [0.29, 0.717) is 10.9 Å². The molecule has 2 heterocycles. The lowest BCUT2D eigenvalue weighted by Crippen LogP contribution is -2.55. The predicted octanol–water partition coefficient (Wildman–Crippen LogP) is 1.47. The van der Waals surface area contributed by atoms with Crippen LogP contribution in [0.15, 0.2) is 23.1 Å². The van der Waals surface area contributed by atoms with Gasteiger partial charge in [0.1, 0.15) is 0 Å². The van der Waals surface area contributed by atoms with Crippen molar-refractivity contribution < 1.29 is 13.2 Å². The molecule has 0 saturated carbocycles. The Bertz CT molecular complexity index is 881. The number of nitrogens with zero attached hydrogens (tertiary/aromatic N) is 3. The number of hydrogen-bond donors (Lipinski definition) is 1. The van der Waals surface area contributed by atoms with Crippen molar-refractivity contribution in [1.29, 1.82) is 0 Å². The summed E-state index contributed by atoms with van der Waals surface area (Å²) in [5, 5.41) is 0. The topological polar surface area (TPSA) is 73.0 Å². The zero-order chi connectivity index (χ0) is 21.8. The molecule has 3 aliphatic rings. The van der Waals surface area contributed by atoms with Gasteiger partial charge in [-0.05, 0) is 75.4 Å². The van der Waals surface area contributed by atoms with Crippen LogP contribution in [0.4, 0.5) is 0 Å². The van der Waals surface area contributed by atoms with Crippen molar-refractivity contribution >= 4 is 15.9 Å². The number of hydrogen-bond acceptors (Lipinski definition) is 5. The summed E-state index contributed by atoms with van der Waals surface area (Å²) < 4.78 is 28.0. The zero-order valence-electron chi connectivity index (χ0n) is 18.7. The number of likely N-dealkylation sites (N-methyl/N-ethyl adjacent to an activating group) is 1. The van der Waals surface area contributed by atoms with Crippen LogP contribution in [0, 0.1) is 0 Å². The van der Waals surface area contributed by atoms with Crippen LogP contribution in [-0.4, -0.2) is 87.9 Å². The van der Waals surface area contributed by atoms with Gasteiger partial charge < -0.3 is 9.80 Å². The lowest BCUT2D eigenvalue weighted by molar-refractivity contribution is -0.133. The SMILES string of the molecule is CN1CCCC(N2CCN(C(=O)CCNS(=O)(=O)c3ccc4c(c3)CCCC4)CC2)C1. The van der Waals surface area contributed by atoms with Gasteiger partial charge >= 0.3 is 0 Å². The van der Waals surface area contributed by atoms with E-state index in [4.69, 9.17) is 0 Å². The summed E-state index contributed by atoms with van der Waals surface area (Å²) in [4.78, 5) is 19.7. The number of fused-ring (bicyclic) bond motifs is 1. The number of rotatable bonds is 6. The Morgan fingerprint density at radius 2 is 1.77 bits per heavy atom. The van der Waals surface area contributed by atoms with E-state index in [1.807, 2.05) is 11.0 Å². The van der Waals surface area contributed by atoms with Crippen molar-refractivity contribution in [3.05, 3.63) is 29.3 Å². The summed E-state index contributed by atoms with van der Waals surface area (Å²) in [6.45, 7) is 5.71. The number of amides is 1. The van der Waals surface area contributed by atoms with Crippen LogP contribution in [0.2, 0.25) is 0 Å². The minimum Gasteiger partial charge on any atom is -0.340 e. The molecule has 172 valence electrons. The average Bonchev–Trinajstić information content (AvgIpc) is 2.78. The molecule has 8 heteroatoms. The summed E-state index contributed by atoms with van der Waals surface area (Å²) in [5.41, 5.74) is 2.41. The van der Waals surface area contributed by atoms with Crippen molar-refractivity contribution in [2.24, 2.45) is 0 Å². The lowest BCUT2D eigenvalue weighted by atomic mass is 9.92. The minimum absolute atomic E-state index is 0.0357. The molecule has 1 N–H and O–H groups in total. The minimum atomic E-state index is -3.58. The van der Waals surface area contributed by atoms with Gasteiger partial charge in [-0.25, -0.2) is 13.1 Å². The first kappa shape index (κ1) is 22.7. The maximum Gasteiger partial charge on any atom is 0.240 e. The van der Waals surface area contributed by atoms with Crippen LogP contribution in [0.3, 0.4) is 0 Å². The zero-order valence-corrected chi connectivity index (χ0v) is 19.5. The van der Waals surface area contributed by atoms with E-state index in [0.717, 1.165) is 57.5 Å². The van der Waals surface area contributed by atoms with Gasteiger partial charge in [0.2, 0.25) is 15.9 Å². The molecule has 1 atom stereocenters. The highest BCUT2D eigenvalue weighted by Gasteiger charge is 2.28. The fourth-order valence-corrected chi connectivity index (χ4v) is 6.27. The molecule has 0 spiro atoms. The second-order valence-corrected chi connectivity index (χ2v) is 11.0. The lowest BCUT2D eigenvalue weighted by Gasteiger charge is -2.42. The first-order chi connectivity index (χ1) is 14.9. The van der Waals surface area contributed by atoms with Crippen LogP contribution < -0.4 is 4.72 Å². The number of piperazine rings is 1. The fourth-order valence-electron chi connectivity index (χ4n) is 5.18. The smallest absolute Gasteiger partial charge is 0.240 e. The number of piperidine rings is 1. The predicted molar refractivity (Wildman–Crippen MR) is 122 cm³/mol. The number of carbonyl (C=O) groups is 1. The van der Waals surface area contributed by atoms with E-state index in [2.05, 4.69) is 21.6 Å². The number of sulfonamides is 1. The highest BCUT2D eigenvalue weighted by Crippen LogP contribution is 2.24. The summed E-state index contributed by atoms with van der Waals surface area (Å²) >= 11 is 0. The molecule has 0 radical (unpaired) electrons. The normalized spacial score (nSPS) is 23.5. The molecular formula is C23H36N4O3S. The summed E-state index contributed by atoms with van der Waals surface area (Å²) in [7, 11) is -1.40. The third-order valence-corrected chi connectivity index (χ3v) is 8.50. The summed E-state index contributed by atoms with van der Waals surface area (Å²) in [6, 6.07) is 6.04. The molecule has 4 rings (SSSR count). The average molecular weight is 449 g/mol. The maximum absolute atomic E-state index is 12.7. The molecule has 7 nitrogen and oxygen atoms in total. The van der Waals surface area contributed by atoms with E-state index in [1.54, 1.807) is 12.1 Å². The molecule has 2 saturated heterocycles. The van der Waals surface area contributed by atoms with Gasteiger partial charge in [0.25, 0.3) is 0 Å². The molecule has 0 bridgehead atoms. The molecule has 2 fully saturated rings. The van der Waals surface area contributed by atoms with Gasteiger partial charge in [0, 0.05) is 51.7 Å². The molecule has 31 heavy (non-hydrogen) atoms. The van der Waals surface area contributed by atoms with E-state index < -0.39 is 10.0 Å². The van der Waals surface area contributed by atoms with Crippen LogP contribution in [0.5, 0.6) is 0 Å². The Balaban J connectivity index is 1.23. The quantitative estimate of drug-likeness (QED) is 0.714. The number of benzene rings is 1. The van der Waals surface area contributed by atoms with Crippen molar-refractivity contribution in [1.82, 2.24) is 19.4 Å². The molecule has 2 aliphatic heterocycles. The molecule has 1 aromatic carbocycles. The van der Waals surface area contributed by atoms with Gasteiger partial charge in [0.05, 0.1) is 4.90 Å². The number of aryl methyl sites for hydroxylation is 2. The van der Waals surface area contributed by atoms with E-state index in [-0.39, 0.29) is 18.9 Å². The van der Waals surface area contributed by atoms with Gasteiger partial charge in [-0.15, -0.1) is 0 Å². The molecule has 1 amide bonds. The number of nitrogens with one attached hydrogen (secondary N) is 1. The second-order valence-electron chi connectivity index (χ2n) is 9.26. The van der Waals surface area contributed by atoms with Crippen molar-refractivity contribution in [3.8, 4) is 0 Å². The standard InChI is InChI=1S/C23H36N4O3S/c1-25-12-4-7-21(18-25)26-13-15-27(16-14-26)23(28)10-11-24-31(29,30)22-9-8-19-5-2-3-6-20(19)17-22/h8-9,17,21,24H,2-7,10-16,18H2,1H3. The Hall–Kier alpha value is -1.48. The fraction of sp³-hybridized carbons (Fsp3) is 0.696. The molecule has 1 aliphatic carbocycles. The van der Waals surface area contributed by atoms with Gasteiger partial charge in [-0.3, -0.25) is 9.69 Å². The number of carbonyl (C=O) groups excluding carboxylic acids is 1. The van der Waals surface area contributed by atoms with Gasteiger partial charge in [0.15, 0.2) is 0 Å². The molecule has 1 aromatic rings. The Morgan fingerprint density at radius 3 is 2.52 bits per heavy atom. The van der Waals surface area contributed by atoms with E-state index in [9.17, 15) is 13.2 Å². The van der Waals surface area contributed by atoms with E-state index in [1.165, 1.54) is 31.4 Å². The van der Waals surface area contributed by atoms with Crippen LogP contribution in [-0.2, 0) is 27.7 Å². The Morgan fingerprint density at radius 1 is 1.03 bits per heavy atom.